The highest BCUT2D eigenvalue weighted by atomic mass is 32.1. The third-order valence-electron chi connectivity index (χ3n) is 6.42. The van der Waals surface area contributed by atoms with E-state index in [4.69, 9.17) is 12.2 Å². The third kappa shape index (κ3) is 5.31. The van der Waals surface area contributed by atoms with Gasteiger partial charge in [0.1, 0.15) is 0 Å². The molecule has 3 aromatic rings. The van der Waals surface area contributed by atoms with E-state index in [1.807, 2.05) is 60.8 Å². The molecule has 5 heteroatoms. The number of nitrogens with one attached hydrogen (secondary N) is 2. The first kappa shape index (κ1) is 23.1. The molecule has 4 nitrogen and oxygen atoms in total. The van der Waals surface area contributed by atoms with Crippen LogP contribution in [0.3, 0.4) is 0 Å². The molecule has 0 atom stereocenters. The zero-order chi connectivity index (χ0) is 23.5. The van der Waals surface area contributed by atoms with Crippen molar-refractivity contribution in [1.29, 1.82) is 0 Å². The summed E-state index contributed by atoms with van der Waals surface area (Å²) >= 11 is 5.67. The summed E-state index contributed by atoms with van der Waals surface area (Å²) in [6.07, 6.45) is 8.06. The first-order valence-electron chi connectivity index (χ1n) is 11.5. The molecule has 0 unspecified atom stereocenters. The van der Waals surface area contributed by atoms with Crippen molar-refractivity contribution < 1.29 is 4.79 Å². The fraction of sp³-hybridized carbons (Fsp3) is 0.321. The number of nitrogens with zero attached hydrogens (tertiary/aromatic N) is 1. The van der Waals surface area contributed by atoms with E-state index in [0.29, 0.717) is 16.2 Å². The highest BCUT2D eigenvalue weighted by Crippen LogP contribution is 2.38. The van der Waals surface area contributed by atoms with Gasteiger partial charge in [0, 0.05) is 29.2 Å². The van der Waals surface area contributed by atoms with Crippen LogP contribution in [0.5, 0.6) is 0 Å². The smallest absolute Gasteiger partial charge is 0.193 e. The zero-order valence-corrected chi connectivity index (χ0v) is 20.3. The summed E-state index contributed by atoms with van der Waals surface area (Å²) in [5.74, 6) is 0.000565. The number of rotatable bonds is 5. The first-order valence-corrected chi connectivity index (χ1v) is 11.9. The van der Waals surface area contributed by atoms with E-state index >= 15 is 0 Å². The van der Waals surface area contributed by atoms with Gasteiger partial charge in [0.25, 0.3) is 0 Å². The number of anilines is 1. The van der Waals surface area contributed by atoms with Crippen molar-refractivity contribution in [2.45, 2.75) is 57.4 Å². The largest absolute Gasteiger partial charge is 0.353 e. The van der Waals surface area contributed by atoms with Crippen LogP contribution in [-0.4, -0.2) is 15.9 Å². The van der Waals surface area contributed by atoms with Gasteiger partial charge in [-0.05, 0) is 59.8 Å². The van der Waals surface area contributed by atoms with Crippen LogP contribution in [0.4, 0.5) is 5.69 Å². The van der Waals surface area contributed by atoms with Gasteiger partial charge in [0.05, 0.1) is 5.54 Å². The molecule has 0 amide bonds. The third-order valence-corrected chi connectivity index (χ3v) is 6.62. The van der Waals surface area contributed by atoms with Crippen LogP contribution >= 0.6 is 12.2 Å². The predicted molar refractivity (Wildman–Crippen MR) is 139 cm³/mol. The Labute approximate surface area is 201 Å². The van der Waals surface area contributed by atoms with E-state index in [-0.39, 0.29) is 16.7 Å². The Kier molecular flexibility index (Phi) is 6.61. The summed E-state index contributed by atoms with van der Waals surface area (Å²) in [5, 5.41) is 7.40. The summed E-state index contributed by atoms with van der Waals surface area (Å²) in [7, 11) is 0. The molecule has 0 saturated heterocycles. The SMILES string of the molecule is CC(C)(C)c1ccc(C(=O)c2cccc(NC(=S)NC3(c4cccnc4)CCCC3)c2)cc1. The van der Waals surface area contributed by atoms with Gasteiger partial charge in [-0.3, -0.25) is 9.78 Å². The molecule has 0 aliphatic heterocycles. The number of aromatic nitrogens is 1. The second-order valence-corrected chi connectivity index (χ2v) is 10.3. The van der Waals surface area contributed by atoms with Gasteiger partial charge in [-0.25, -0.2) is 0 Å². The summed E-state index contributed by atoms with van der Waals surface area (Å²) in [6.45, 7) is 6.50. The molecule has 1 aromatic heterocycles. The van der Waals surface area contributed by atoms with Crippen LogP contribution in [-0.2, 0) is 11.0 Å². The summed E-state index contributed by atoms with van der Waals surface area (Å²) in [5.41, 5.74) is 4.34. The van der Waals surface area contributed by atoms with E-state index < -0.39 is 0 Å². The standard InChI is InChI=1S/C28H31N3OS/c1-27(2,3)22-13-11-20(12-14-22)25(32)21-8-6-10-24(18-21)30-26(33)31-28(15-4-5-16-28)23-9-7-17-29-19-23/h6-14,17-19H,4-5,15-16H2,1-3H3,(H2,30,31,33). The second-order valence-electron chi connectivity index (χ2n) is 9.85. The Morgan fingerprint density at radius 1 is 0.970 bits per heavy atom. The minimum absolute atomic E-state index is 0.000565. The van der Waals surface area contributed by atoms with Crippen LogP contribution in [0.25, 0.3) is 0 Å². The highest BCUT2D eigenvalue weighted by Gasteiger charge is 2.36. The lowest BCUT2D eigenvalue weighted by atomic mass is 9.86. The minimum atomic E-state index is -0.194. The number of carbonyl (C=O) groups excluding carboxylic acids is 1. The molecule has 33 heavy (non-hydrogen) atoms. The average Bonchev–Trinajstić information content (AvgIpc) is 3.28. The molecule has 1 saturated carbocycles. The summed E-state index contributed by atoms with van der Waals surface area (Å²) in [6, 6.07) is 19.5. The van der Waals surface area contributed by atoms with Crippen molar-refractivity contribution in [2.24, 2.45) is 0 Å². The number of hydrogen-bond acceptors (Lipinski definition) is 3. The van der Waals surface area contributed by atoms with E-state index in [2.05, 4.69) is 42.5 Å². The molecule has 0 radical (unpaired) electrons. The summed E-state index contributed by atoms with van der Waals surface area (Å²) < 4.78 is 0. The van der Waals surface area contributed by atoms with Gasteiger partial charge >= 0.3 is 0 Å². The fourth-order valence-electron chi connectivity index (χ4n) is 4.52. The van der Waals surface area contributed by atoms with Gasteiger partial charge < -0.3 is 10.6 Å². The molecule has 2 N–H and O–H groups in total. The minimum Gasteiger partial charge on any atom is -0.353 e. The monoisotopic (exact) mass is 457 g/mol. The number of hydrogen-bond donors (Lipinski definition) is 2. The van der Waals surface area contributed by atoms with Gasteiger partial charge in [-0.1, -0.05) is 76.1 Å². The van der Waals surface area contributed by atoms with E-state index in [0.717, 1.165) is 36.9 Å². The van der Waals surface area contributed by atoms with Gasteiger partial charge in [0.2, 0.25) is 0 Å². The maximum atomic E-state index is 13.1. The van der Waals surface area contributed by atoms with Crippen LogP contribution < -0.4 is 10.6 Å². The maximum Gasteiger partial charge on any atom is 0.193 e. The van der Waals surface area contributed by atoms with Crippen molar-refractivity contribution in [3.63, 3.8) is 0 Å². The Morgan fingerprint density at radius 2 is 1.70 bits per heavy atom. The maximum absolute atomic E-state index is 13.1. The topological polar surface area (TPSA) is 54.0 Å². The molecule has 0 spiro atoms. The molecular formula is C28H31N3OS. The molecule has 1 aliphatic carbocycles. The fourth-order valence-corrected chi connectivity index (χ4v) is 4.83. The van der Waals surface area contributed by atoms with Crippen LogP contribution in [0, 0.1) is 0 Å². The lowest BCUT2D eigenvalue weighted by Crippen LogP contribution is -2.45. The van der Waals surface area contributed by atoms with E-state index in [1.165, 1.54) is 5.56 Å². The van der Waals surface area contributed by atoms with Gasteiger partial charge in [-0.15, -0.1) is 0 Å². The van der Waals surface area contributed by atoms with Gasteiger partial charge in [-0.2, -0.15) is 0 Å². The Morgan fingerprint density at radius 3 is 2.33 bits per heavy atom. The second kappa shape index (κ2) is 9.44. The molecule has 0 bridgehead atoms. The van der Waals surface area contributed by atoms with Crippen LogP contribution in [0.2, 0.25) is 0 Å². The van der Waals surface area contributed by atoms with Crippen molar-refractivity contribution in [3.05, 3.63) is 95.3 Å². The van der Waals surface area contributed by atoms with E-state index in [9.17, 15) is 4.79 Å². The van der Waals surface area contributed by atoms with Crippen LogP contribution in [0.1, 0.15) is 73.5 Å². The molecular weight excluding hydrogens is 426 g/mol. The number of benzene rings is 2. The number of ketones is 1. The molecule has 1 heterocycles. The number of pyridine rings is 1. The number of carbonyl (C=O) groups is 1. The Balaban J connectivity index is 1.48. The zero-order valence-electron chi connectivity index (χ0n) is 19.5. The Hall–Kier alpha value is -3.05. The lowest BCUT2D eigenvalue weighted by Gasteiger charge is -2.32. The molecule has 170 valence electrons. The van der Waals surface area contributed by atoms with Gasteiger partial charge in [0.15, 0.2) is 10.9 Å². The average molecular weight is 458 g/mol. The quantitative estimate of drug-likeness (QED) is 0.345. The highest BCUT2D eigenvalue weighted by molar-refractivity contribution is 7.80. The normalized spacial score (nSPS) is 15.1. The van der Waals surface area contributed by atoms with Crippen molar-refractivity contribution in [3.8, 4) is 0 Å². The molecule has 1 fully saturated rings. The predicted octanol–water partition coefficient (Wildman–Crippen LogP) is 6.37. The summed E-state index contributed by atoms with van der Waals surface area (Å²) in [4.78, 5) is 17.4. The Bertz CT molecular complexity index is 1130. The molecule has 1 aliphatic rings. The van der Waals surface area contributed by atoms with Crippen molar-refractivity contribution >= 4 is 28.8 Å². The van der Waals surface area contributed by atoms with E-state index in [1.54, 1.807) is 6.20 Å². The number of thiocarbonyl (C=S) groups is 1. The molecule has 2 aromatic carbocycles. The first-order chi connectivity index (χ1) is 15.8. The van der Waals surface area contributed by atoms with Crippen molar-refractivity contribution in [2.75, 3.05) is 5.32 Å². The van der Waals surface area contributed by atoms with Crippen molar-refractivity contribution in [1.82, 2.24) is 10.3 Å². The van der Waals surface area contributed by atoms with Crippen LogP contribution in [0.15, 0.2) is 73.1 Å². The molecule has 4 rings (SSSR count). The lowest BCUT2D eigenvalue weighted by molar-refractivity contribution is 0.103.